The molecule has 5 nitrogen and oxygen atoms in total. The van der Waals surface area contributed by atoms with E-state index < -0.39 is 0 Å². The van der Waals surface area contributed by atoms with Gasteiger partial charge in [-0.3, -0.25) is 14.2 Å². The second-order valence-electron chi connectivity index (χ2n) is 5.95. The molecule has 1 aromatic heterocycles. The number of rotatable bonds is 6. The van der Waals surface area contributed by atoms with E-state index in [0.29, 0.717) is 34.7 Å². The van der Waals surface area contributed by atoms with Crippen molar-refractivity contribution in [1.29, 1.82) is 0 Å². The highest BCUT2D eigenvalue weighted by Gasteiger charge is 2.23. The fourth-order valence-corrected chi connectivity index (χ4v) is 3.08. The van der Waals surface area contributed by atoms with Crippen molar-refractivity contribution in [1.82, 2.24) is 14.5 Å². The van der Waals surface area contributed by atoms with Crippen LogP contribution >= 0.6 is 11.6 Å². The lowest BCUT2D eigenvalue weighted by molar-refractivity contribution is -0.133. The van der Waals surface area contributed by atoms with Gasteiger partial charge < -0.3 is 4.90 Å². The summed E-state index contributed by atoms with van der Waals surface area (Å²) in [5.41, 5.74) is 0.431. The number of fused-ring (bicyclic) bond motifs is 1. The summed E-state index contributed by atoms with van der Waals surface area (Å²) in [6.07, 6.45) is 2.35. The maximum absolute atomic E-state index is 12.6. The van der Waals surface area contributed by atoms with E-state index in [-0.39, 0.29) is 17.5 Å². The fourth-order valence-electron chi connectivity index (χ4n) is 2.91. The molecule has 1 unspecified atom stereocenters. The second-order valence-corrected chi connectivity index (χ2v) is 6.39. The van der Waals surface area contributed by atoms with Crippen molar-refractivity contribution in [2.75, 3.05) is 6.54 Å². The van der Waals surface area contributed by atoms with Gasteiger partial charge in [-0.15, -0.1) is 0 Å². The molecule has 0 saturated carbocycles. The quantitative estimate of drug-likeness (QED) is 0.799. The molecule has 0 aliphatic heterocycles. The SMILES string of the molecule is CCCCC(=O)N(CC)C(C)c1nc2cc(Cl)ccc2c(=O)n1C. The fraction of sp³-hybridized carbons (Fsp3) is 0.500. The summed E-state index contributed by atoms with van der Waals surface area (Å²) in [5, 5.41) is 1.06. The van der Waals surface area contributed by atoms with Crippen molar-refractivity contribution in [3.05, 3.63) is 39.4 Å². The van der Waals surface area contributed by atoms with Gasteiger partial charge in [-0.2, -0.15) is 0 Å². The van der Waals surface area contributed by atoms with Crippen LogP contribution in [0.1, 0.15) is 51.9 Å². The largest absolute Gasteiger partial charge is 0.333 e. The molecule has 0 fully saturated rings. The van der Waals surface area contributed by atoms with Crippen LogP contribution in [-0.4, -0.2) is 26.9 Å². The summed E-state index contributed by atoms with van der Waals surface area (Å²) < 4.78 is 1.52. The van der Waals surface area contributed by atoms with Crippen molar-refractivity contribution in [3.63, 3.8) is 0 Å². The van der Waals surface area contributed by atoms with E-state index in [2.05, 4.69) is 11.9 Å². The minimum Gasteiger partial charge on any atom is -0.333 e. The van der Waals surface area contributed by atoms with Gasteiger partial charge in [0.2, 0.25) is 5.91 Å². The normalized spacial score (nSPS) is 12.4. The van der Waals surface area contributed by atoms with Crippen LogP contribution in [0.4, 0.5) is 0 Å². The van der Waals surface area contributed by atoms with Crippen LogP contribution in [0, 0.1) is 0 Å². The minimum atomic E-state index is -0.277. The third-order valence-corrected chi connectivity index (χ3v) is 4.55. The van der Waals surface area contributed by atoms with Crippen molar-refractivity contribution < 1.29 is 4.79 Å². The average Bonchev–Trinajstić information content (AvgIpc) is 2.56. The third-order valence-electron chi connectivity index (χ3n) is 4.32. The van der Waals surface area contributed by atoms with Crippen LogP contribution in [0.5, 0.6) is 0 Å². The van der Waals surface area contributed by atoms with Gasteiger partial charge in [0.05, 0.1) is 16.9 Å². The maximum atomic E-state index is 12.6. The lowest BCUT2D eigenvalue weighted by Gasteiger charge is -2.29. The first kappa shape index (κ1) is 18.5. The number of carbonyl (C=O) groups is 1. The number of nitrogens with zero attached hydrogens (tertiary/aromatic N) is 3. The molecule has 1 aromatic carbocycles. The van der Waals surface area contributed by atoms with E-state index in [1.54, 1.807) is 30.1 Å². The molecule has 2 rings (SSSR count). The Morgan fingerprint density at radius 3 is 2.71 bits per heavy atom. The van der Waals surface area contributed by atoms with E-state index in [1.807, 2.05) is 13.8 Å². The topological polar surface area (TPSA) is 55.2 Å². The minimum absolute atomic E-state index is 0.0901. The highest BCUT2D eigenvalue weighted by Crippen LogP contribution is 2.22. The Kier molecular flexibility index (Phi) is 5.99. The maximum Gasteiger partial charge on any atom is 0.261 e. The molecule has 0 aliphatic rings. The number of benzene rings is 1. The summed E-state index contributed by atoms with van der Waals surface area (Å²) in [4.78, 5) is 31.4. The van der Waals surface area contributed by atoms with Crippen molar-refractivity contribution in [2.24, 2.45) is 7.05 Å². The molecular weight excluding hydrogens is 326 g/mol. The number of unbranched alkanes of at least 4 members (excludes halogenated alkanes) is 1. The van der Waals surface area contributed by atoms with Gasteiger partial charge in [-0.25, -0.2) is 4.98 Å². The van der Waals surface area contributed by atoms with E-state index in [0.717, 1.165) is 12.8 Å². The Morgan fingerprint density at radius 2 is 2.08 bits per heavy atom. The summed E-state index contributed by atoms with van der Waals surface area (Å²) in [6.45, 7) is 6.49. The van der Waals surface area contributed by atoms with E-state index >= 15 is 0 Å². The van der Waals surface area contributed by atoms with Crippen LogP contribution in [0.25, 0.3) is 10.9 Å². The van der Waals surface area contributed by atoms with Gasteiger partial charge in [-0.1, -0.05) is 24.9 Å². The number of hydrogen-bond donors (Lipinski definition) is 0. The smallest absolute Gasteiger partial charge is 0.261 e. The van der Waals surface area contributed by atoms with Gasteiger partial charge in [0.1, 0.15) is 5.82 Å². The molecule has 0 N–H and O–H groups in total. The number of carbonyl (C=O) groups excluding carboxylic acids is 1. The Balaban J connectivity index is 2.47. The van der Waals surface area contributed by atoms with Crippen LogP contribution in [0.2, 0.25) is 5.02 Å². The van der Waals surface area contributed by atoms with Crippen molar-refractivity contribution in [3.8, 4) is 0 Å². The van der Waals surface area contributed by atoms with Crippen LogP contribution in [0.3, 0.4) is 0 Å². The zero-order valence-electron chi connectivity index (χ0n) is 14.7. The first-order valence-corrected chi connectivity index (χ1v) is 8.74. The monoisotopic (exact) mass is 349 g/mol. The number of halogens is 1. The lowest BCUT2D eigenvalue weighted by atomic mass is 10.1. The van der Waals surface area contributed by atoms with Gasteiger partial charge in [0, 0.05) is 25.0 Å². The summed E-state index contributed by atoms with van der Waals surface area (Å²) in [7, 11) is 1.69. The molecule has 0 spiro atoms. The number of amides is 1. The Hall–Kier alpha value is -1.88. The highest BCUT2D eigenvalue weighted by atomic mass is 35.5. The predicted molar refractivity (Wildman–Crippen MR) is 97.3 cm³/mol. The predicted octanol–water partition coefficient (Wildman–Crippen LogP) is 3.69. The molecule has 1 heterocycles. The molecule has 6 heteroatoms. The average molecular weight is 350 g/mol. The van der Waals surface area contributed by atoms with Gasteiger partial charge >= 0.3 is 0 Å². The summed E-state index contributed by atoms with van der Waals surface area (Å²) >= 11 is 6.03. The third kappa shape index (κ3) is 3.61. The summed E-state index contributed by atoms with van der Waals surface area (Å²) in [5.74, 6) is 0.661. The molecule has 0 bridgehead atoms. The zero-order chi connectivity index (χ0) is 17.9. The van der Waals surface area contributed by atoms with Gasteiger partial charge in [0.15, 0.2) is 0 Å². The van der Waals surface area contributed by atoms with Crippen molar-refractivity contribution >= 4 is 28.4 Å². The van der Waals surface area contributed by atoms with Gasteiger partial charge in [0.25, 0.3) is 5.56 Å². The molecule has 0 saturated heterocycles. The van der Waals surface area contributed by atoms with Gasteiger partial charge in [-0.05, 0) is 38.5 Å². The first-order valence-electron chi connectivity index (χ1n) is 8.36. The lowest BCUT2D eigenvalue weighted by Crippen LogP contribution is -2.37. The molecule has 130 valence electrons. The standard InChI is InChI=1S/C18H24ClN3O2/c1-5-7-8-16(23)22(6-2)12(3)17-20-15-11-13(19)9-10-14(15)18(24)21(17)4/h9-12H,5-8H2,1-4H3. The summed E-state index contributed by atoms with van der Waals surface area (Å²) in [6, 6.07) is 4.78. The van der Waals surface area contributed by atoms with E-state index in [4.69, 9.17) is 11.6 Å². The molecule has 0 radical (unpaired) electrons. The Morgan fingerprint density at radius 1 is 1.38 bits per heavy atom. The van der Waals surface area contributed by atoms with Crippen LogP contribution < -0.4 is 5.56 Å². The second kappa shape index (κ2) is 7.79. The molecule has 0 aliphatic carbocycles. The first-order chi connectivity index (χ1) is 11.4. The molecule has 1 atom stereocenters. The van der Waals surface area contributed by atoms with E-state index in [9.17, 15) is 9.59 Å². The van der Waals surface area contributed by atoms with Crippen LogP contribution in [-0.2, 0) is 11.8 Å². The highest BCUT2D eigenvalue weighted by molar-refractivity contribution is 6.31. The number of hydrogen-bond acceptors (Lipinski definition) is 3. The molecule has 1 amide bonds. The van der Waals surface area contributed by atoms with E-state index in [1.165, 1.54) is 4.57 Å². The molecule has 24 heavy (non-hydrogen) atoms. The van der Waals surface area contributed by atoms with Crippen molar-refractivity contribution in [2.45, 2.75) is 46.1 Å². The Bertz CT molecular complexity index is 801. The van der Waals surface area contributed by atoms with Crippen LogP contribution in [0.15, 0.2) is 23.0 Å². The Labute approximate surface area is 147 Å². The zero-order valence-corrected chi connectivity index (χ0v) is 15.4. The number of aromatic nitrogens is 2. The molecular formula is C18H24ClN3O2. The molecule has 2 aromatic rings.